The minimum absolute atomic E-state index is 0.0396. The summed E-state index contributed by atoms with van der Waals surface area (Å²) in [6.07, 6.45) is 3.95. The molecule has 140 valence electrons. The van der Waals surface area contributed by atoms with E-state index in [1.807, 2.05) is 29.1 Å². The van der Waals surface area contributed by atoms with Crippen LogP contribution in [0.1, 0.15) is 17.5 Å². The molecule has 6 heteroatoms. The van der Waals surface area contributed by atoms with E-state index in [9.17, 15) is 9.18 Å². The number of rotatable bonds is 8. The number of hydrogen-bond donors (Lipinski definition) is 0. The Hall–Kier alpha value is -3.15. The first kappa shape index (κ1) is 18.6. The van der Waals surface area contributed by atoms with Crippen LogP contribution in [0, 0.1) is 5.82 Å². The Morgan fingerprint density at radius 3 is 2.74 bits per heavy atom. The van der Waals surface area contributed by atoms with Gasteiger partial charge < -0.3 is 9.64 Å². The third kappa shape index (κ3) is 5.67. The van der Waals surface area contributed by atoms with E-state index in [-0.39, 0.29) is 24.8 Å². The number of benzene rings is 2. The van der Waals surface area contributed by atoms with E-state index < -0.39 is 0 Å². The Bertz CT molecular complexity index is 880. The Balaban J connectivity index is 1.45. The summed E-state index contributed by atoms with van der Waals surface area (Å²) in [4.78, 5) is 13.9. The van der Waals surface area contributed by atoms with Gasteiger partial charge in [0.2, 0.25) is 5.91 Å². The second-order valence-electron chi connectivity index (χ2n) is 6.34. The summed E-state index contributed by atoms with van der Waals surface area (Å²) < 4.78 is 20.4. The molecule has 0 saturated carbocycles. The lowest BCUT2D eigenvalue weighted by atomic mass is 10.2. The summed E-state index contributed by atoms with van der Waals surface area (Å²) in [5, 5.41) is 4.35. The SMILES string of the molecule is CN(Cc1cnn(Cc2ccccc2)c1)C(=O)CCOc1cccc(F)c1. The van der Waals surface area contributed by atoms with Gasteiger partial charge in [0.1, 0.15) is 11.6 Å². The number of carbonyl (C=O) groups is 1. The summed E-state index contributed by atoms with van der Waals surface area (Å²) >= 11 is 0. The van der Waals surface area contributed by atoms with Gasteiger partial charge in [-0.05, 0) is 17.7 Å². The van der Waals surface area contributed by atoms with Crippen LogP contribution in [-0.4, -0.2) is 34.2 Å². The molecule has 2 aromatic carbocycles. The number of carbonyl (C=O) groups excluding carboxylic acids is 1. The minimum Gasteiger partial charge on any atom is -0.493 e. The van der Waals surface area contributed by atoms with E-state index in [2.05, 4.69) is 17.2 Å². The van der Waals surface area contributed by atoms with Crippen molar-refractivity contribution >= 4 is 5.91 Å². The van der Waals surface area contributed by atoms with Crippen molar-refractivity contribution < 1.29 is 13.9 Å². The number of hydrogen-bond acceptors (Lipinski definition) is 3. The normalized spacial score (nSPS) is 10.6. The number of nitrogens with zero attached hydrogens (tertiary/aromatic N) is 3. The van der Waals surface area contributed by atoms with E-state index in [0.29, 0.717) is 18.8 Å². The zero-order chi connectivity index (χ0) is 19.1. The average Bonchev–Trinajstić information content (AvgIpc) is 3.09. The fourth-order valence-electron chi connectivity index (χ4n) is 2.71. The van der Waals surface area contributed by atoms with Crippen LogP contribution >= 0.6 is 0 Å². The Morgan fingerprint density at radius 1 is 1.15 bits per heavy atom. The molecule has 1 amide bonds. The molecule has 0 aliphatic carbocycles. The molecule has 3 rings (SSSR count). The largest absolute Gasteiger partial charge is 0.493 e. The van der Waals surface area contributed by atoms with Crippen molar-refractivity contribution in [1.29, 1.82) is 0 Å². The molecule has 0 bridgehead atoms. The summed E-state index contributed by atoms with van der Waals surface area (Å²) in [7, 11) is 1.75. The second kappa shape index (κ2) is 8.98. The van der Waals surface area contributed by atoms with Gasteiger partial charge in [0, 0.05) is 31.4 Å². The first-order valence-corrected chi connectivity index (χ1v) is 8.78. The monoisotopic (exact) mass is 367 g/mol. The van der Waals surface area contributed by atoms with E-state index >= 15 is 0 Å². The molecule has 0 atom stereocenters. The molecule has 1 heterocycles. The molecule has 0 aliphatic heterocycles. The standard InChI is InChI=1S/C21H22FN3O2/c1-24(21(26)10-11-27-20-9-5-8-19(22)12-20)14-18-13-23-25(16-18)15-17-6-3-2-4-7-17/h2-9,12-13,16H,10-11,14-15H2,1H3. The highest BCUT2D eigenvalue weighted by Gasteiger charge is 2.11. The van der Waals surface area contributed by atoms with Crippen LogP contribution in [0.25, 0.3) is 0 Å². The van der Waals surface area contributed by atoms with Crippen LogP contribution in [-0.2, 0) is 17.9 Å². The molecule has 0 spiro atoms. The highest BCUT2D eigenvalue weighted by atomic mass is 19.1. The van der Waals surface area contributed by atoms with E-state index in [1.165, 1.54) is 17.7 Å². The van der Waals surface area contributed by atoms with Crippen LogP contribution in [0.4, 0.5) is 4.39 Å². The van der Waals surface area contributed by atoms with Gasteiger partial charge in [-0.3, -0.25) is 9.48 Å². The van der Waals surface area contributed by atoms with Crippen molar-refractivity contribution in [3.05, 3.63) is 83.9 Å². The predicted octanol–water partition coefficient (Wildman–Crippen LogP) is 3.50. The van der Waals surface area contributed by atoms with E-state index in [0.717, 1.165) is 5.56 Å². The molecule has 0 radical (unpaired) electrons. The highest BCUT2D eigenvalue weighted by Crippen LogP contribution is 2.12. The maximum Gasteiger partial charge on any atom is 0.226 e. The summed E-state index contributed by atoms with van der Waals surface area (Å²) in [5.41, 5.74) is 2.14. The maximum atomic E-state index is 13.1. The van der Waals surface area contributed by atoms with Gasteiger partial charge in [0.15, 0.2) is 0 Å². The summed E-state index contributed by atoms with van der Waals surface area (Å²) in [6.45, 7) is 1.38. The Morgan fingerprint density at radius 2 is 1.96 bits per heavy atom. The molecular weight excluding hydrogens is 345 g/mol. The van der Waals surface area contributed by atoms with Crippen LogP contribution in [0.5, 0.6) is 5.75 Å². The van der Waals surface area contributed by atoms with Gasteiger partial charge in [-0.1, -0.05) is 36.4 Å². The van der Waals surface area contributed by atoms with Crippen molar-refractivity contribution in [3.8, 4) is 5.75 Å². The number of aromatic nitrogens is 2. The number of ether oxygens (including phenoxy) is 1. The van der Waals surface area contributed by atoms with E-state index in [1.54, 1.807) is 30.3 Å². The highest BCUT2D eigenvalue weighted by molar-refractivity contribution is 5.75. The molecule has 1 aromatic heterocycles. The fraction of sp³-hybridized carbons (Fsp3) is 0.238. The molecule has 0 N–H and O–H groups in total. The topological polar surface area (TPSA) is 47.4 Å². The Labute approximate surface area is 158 Å². The van der Waals surface area contributed by atoms with Crippen LogP contribution in [0.2, 0.25) is 0 Å². The van der Waals surface area contributed by atoms with Crippen molar-refractivity contribution in [2.75, 3.05) is 13.7 Å². The molecule has 5 nitrogen and oxygen atoms in total. The Kier molecular flexibility index (Phi) is 6.20. The first-order chi connectivity index (χ1) is 13.1. The quantitative estimate of drug-likeness (QED) is 0.612. The molecule has 0 fully saturated rings. The molecule has 27 heavy (non-hydrogen) atoms. The summed E-state index contributed by atoms with van der Waals surface area (Å²) in [6, 6.07) is 16.0. The van der Waals surface area contributed by atoms with Gasteiger partial charge >= 0.3 is 0 Å². The van der Waals surface area contributed by atoms with Crippen molar-refractivity contribution in [2.24, 2.45) is 0 Å². The van der Waals surface area contributed by atoms with Gasteiger partial charge in [0.25, 0.3) is 0 Å². The number of amides is 1. The summed E-state index contributed by atoms with van der Waals surface area (Å²) in [5.74, 6) is 0.0262. The van der Waals surface area contributed by atoms with Crippen molar-refractivity contribution in [1.82, 2.24) is 14.7 Å². The second-order valence-corrected chi connectivity index (χ2v) is 6.34. The van der Waals surface area contributed by atoms with Crippen molar-refractivity contribution in [3.63, 3.8) is 0 Å². The van der Waals surface area contributed by atoms with Crippen molar-refractivity contribution in [2.45, 2.75) is 19.5 Å². The van der Waals surface area contributed by atoms with Gasteiger partial charge in [-0.25, -0.2) is 4.39 Å². The van der Waals surface area contributed by atoms with Crippen LogP contribution in [0.3, 0.4) is 0 Å². The third-order valence-electron chi connectivity index (χ3n) is 4.10. The zero-order valence-corrected chi connectivity index (χ0v) is 15.2. The lowest BCUT2D eigenvalue weighted by Crippen LogP contribution is -2.27. The molecule has 0 saturated heterocycles. The van der Waals surface area contributed by atoms with Gasteiger partial charge in [-0.15, -0.1) is 0 Å². The van der Waals surface area contributed by atoms with Crippen LogP contribution in [0.15, 0.2) is 67.0 Å². The van der Waals surface area contributed by atoms with Gasteiger partial charge in [0.05, 0.1) is 25.8 Å². The molecule has 0 unspecified atom stereocenters. The average molecular weight is 367 g/mol. The fourth-order valence-corrected chi connectivity index (χ4v) is 2.71. The lowest BCUT2D eigenvalue weighted by Gasteiger charge is -2.16. The molecular formula is C21H22FN3O2. The van der Waals surface area contributed by atoms with E-state index in [4.69, 9.17) is 4.74 Å². The zero-order valence-electron chi connectivity index (χ0n) is 15.2. The smallest absolute Gasteiger partial charge is 0.226 e. The molecule has 3 aromatic rings. The molecule has 0 aliphatic rings. The minimum atomic E-state index is -0.358. The van der Waals surface area contributed by atoms with Crippen LogP contribution < -0.4 is 4.74 Å². The maximum absolute atomic E-state index is 13.1. The third-order valence-corrected chi connectivity index (χ3v) is 4.10. The predicted molar refractivity (Wildman–Crippen MR) is 101 cm³/mol. The van der Waals surface area contributed by atoms with Gasteiger partial charge in [-0.2, -0.15) is 5.10 Å². The number of halogens is 1. The first-order valence-electron chi connectivity index (χ1n) is 8.78. The lowest BCUT2D eigenvalue weighted by molar-refractivity contribution is -0.130.